The molecule has 280 valence electrons. The van der Waals surface area contributed by atoms with Gasteiger partial charge in [0, 0.05) is 80.6 Å². The molecule has 0 bridgehead atoms. The minimum atomic E-state index is -0.251. The van der Waals surface area contributed by atoms with E-state index < -0.39 is 0 Å². The first-order chi connectivity index (χ1) is 26.0. The number of nitrogens with one attached hydrogen (secondary N) is 2. The van der Waals surface area contributed by atoms with E-state index in [0.29, 0.717) is 57.2 Å². The minimum Gasteiger partial charge on any atom is -0.493 e. The minimum absolute atomic E-state index is 0.162. The van der Waals surface area contributed by atoms with Gasteiger partial charge >= 0.3 is 0 Å². The summed E-state index contributed by atoms with van der Waals surface area (Å²) in [5.41, 5.74) is 6.65. The van der Waals surface area contributed by atoms with Crippen molar-refractivity contribution in [3.05, 3.63) is 107 Å². The molecule has 4 aliphatic rings. The van der Waals surface area contributed by atoms with Crippen molar-refractivity contribution in [2.24, 2.45) is 11.3 Å². The summed E-state index contributed by atoms with van der Waals surface area (Å²) in [5, 5.41) is 6.04. The van der Waals surface area contributed by atoms with Gasteiger partial charge in [-0.1, -0.05) is 51.1 Å². The third-order valence-corrected chi connectivity index (χ3v) is 11.5. The average Bonchev–Trinajstić information content (AvgIpc) is 3.57. The number of benzene rings is 3. The monoisotopic (exact) mass is 728 g/mol. The van der Waals surface area contributed by atoms with E-state index in [1.807, 2.05) is 30.3 Å². The summed E-state index contributed by atoms with van der Waals surface area (Å²) in [5.74, 6) is 2.61. The lowest BCUT2D eigenvalue weighted by atomic mass is 9.63. The van der Waals surface area contributed by atoms with Crippen LogP contribution in [0.25, 0.3) is 0 Å². The van der Waals surface area contributed by atoms with Gasteiger partial charge in [-0.3, -0.25) is 24.6 Å². The summed E-state index contributed by atoms with van der Waals surface area (Å²) in [6, 6.07) is 24.7. The van der Waals surface area contributed by atoms with Gasteiger partial charge in [0.05, 0.1) is 18.3 Å². The Labute approximate surface area is 316 Å². The van der Waals surface area contributed by atoms with E-state index in [0.717, 1.165) is 49.1 Å². The molecular formula is C43H48N6O5. The lowest BCUT2D eigenvalue weighted by Gasteiger charge is -2.54. The lowest BCUT2D eigenvalue weighted by Crippen LogP contribution is -2.63. The lowest BCUT2D eigenvalue weighted by molar-refractivity contribution is -0.138. The number of Topliss-reactive ketones (excluding diaryl/α,β-unsaturated/α-hetero) is 1. The number of hydrogen-bond donors (Lipinski definition) is 2. The van der Waals surface area contributed by atoms with E-state index in [4.69, 9.17) is 14.5 Å². The molecule has 1 spiro atoms. The molecule has 54 heavy (non-hydrogen) atoms. The quantitative estimate of drug-likeness (QED) is 0.163. The highest BCUT2D eigenvalue weighted by atomic mass is 16.5. The second kappa shape index (κ2) is 14.5. The summed E-state index contributed by atoms with van der Waals surface area (Å²) in [4.78, 5) is 48.8. The SMILES string of the molecule is CC(CNc1ccc2c(c1)CN(C1CCC(=O)NC1=O)C2)COc1ccc(C(C)(C)c2ccc(OCc3ccnc(N4CC5(CC(=O)C5)C4)n3)cc2)cc1. The number of carbonyl (C=O) groups excluding carboxylic acids is 3. The Kier molecular flexibility index (Phi) is 9.60. The van der Waals surface area contributed by atoms with Gasteiger partial charge in [-0.2, -0.15) is 0 Å². The number of rotatable bonds is 13. The zero-order valence-corrected chi connectivity index (χ0v) is 31.3. The number of fused-ring (bicyclic) bond motifs is 1. The number of piperidine rings is 1. The smallest absolute Gasteiger partial charge is 0.243 e. The van der Waals surface area contributed by atoms with Crippen LogP contribution in [0, 0.1) is 11.3 Å². The fourth-order valence-electron chi connectivity index (χ4n) is 8.16. The second-order valence-corrected chi connectivity index (χ2v) is 16.2. The van der Waals surface area contributed by atoms with Crippen molar-refractivity contribution in [2.75, 3.05) is 36.5 Å². The average molecular weight is 729 g/mol. The first-order valence-electron chi connectivity index (χ1n) is 19.0. The molecule has 4 aromatic rings. The Hall–Kier alpha value is -5.29. The van der Waals surface area contributed by atoms with Gasteiger partial charge in [0.2, 0.25) is 17.8 Å². The van der Waals surface area contributed by atoms with Crippen LogP contribution in [-0.2, 0) is 39.5 Å². The van der Waals surface area contributed by atoms with Crippen LogP contribution in [0.1, 0.15) is 74.4 Å². The molecule has 2 N–H and O–H groups in total. The number of nitrogens with zero attached hydrogens (tertiary/aromatic N) is 4. The van der Waals surface area contributed by atoms with Crippen LogP contribution in [-0.4, -0.2) is 64.7 Å². The molecule has 1 aliphatic carbocycles. The number of anilines is 2. The predicted octanol–water partition coefficient (Wildman–Crippen LogP) is 5.80. The van der Waals surface area contributed by atoms with Crippen LogP contribution in [0.5, 0.6) is 11.5 Å². The maximum atomic E-state index is 12.4. The van der Waals surface area contributed by atoms with E-state index in [9.17, 15) is 14.4 Å². The van der Waals surface area contributed by atoms with Gasteiger partial charge in [-0.05, 0) is 71.1 Å². The van der Waals surface area contributed by atoms with Crippen LogP contribution in [0.4, 0.5) is 11.6 Å². The number of carbonyl (C=O) groups is 3. The Morgan fingerprint density at radius 1 is 0.907 bits per heavy atom. The normalized spacial score (nSPS) is 19.8. The van der Waals surface area contributed by atoms with E-state index in [-0.39, 0.29) is 34.6 Å². The summed E-state index contributed by atoms with van der Waals surface area (Å²) in [6.45, 7) is 11.5. The van der Waals surface area contributed by atoms with Crippen molar-refractivity contribution >= 4 is 29.2 Å². The molecule has 8 rings (SSSR count). The highest BCUT2D eigenvalue weighted by Gasteiger charge is 2.52. The van der Waals surface area contributed by atoms with Gasteiger partial charge in [0.15, 0.2) is 0 Å². The van der Waals surface area contributed by atoms with Crippen molar-refractivity contribution in [1.82, 2.24) is 20.2 Å². The van der Waals surface area contributed by atoms with Crippen molar-refractivity contribution in [3.63, 3.8) is 0 Å². The number of ketones is 1. The third-order valence-electron chi connectivity index (χ3n) is 11.5. The first-order valence-corrected chi connectivity index (χ1v) is 19.0. The fraction of sp³-hybridized carbons (Fsp3) is 0.419. The Bertz CT molecular complexity index is 2030. The van der Waals surface area contributed by atoms with Crippen molar-refractivity contribution in [1.29, 1.82) is 0 Å². The number of hydrogen-bond acceptors (Lipinski definition) is 10. The predicted molar refractivity (Wildman–Crippen MR) is 205 cm³/mol. The third kappa shape index (κ3) is 7.55. The van der Waals surface area contributed by atoms with Crippen LogP contribution >= 0.6 is 0 Å². The number of imide groups is 1. The molecular weight excluding hydrogens is 681 g/mol. The summed E-state index contributed by atoms with van der Waals surface area (Å²) in [7, 11) is 0. The Morgan fingerprint density at radius 3 is 2.28 bits per heavy atom. The molecule has 1 aromatic heterocycles. The van der Waals surface area contributed by atoms with Crippen LogP contribution in [0.3, 0.4) is 0 Å². The van der Waals surface area contributed by atoms with Crippen LogP contribution < -0.4 is 25.0 Å². The molecule has 1 saturated carbocycles. The maximum Gasteiger partial charge on any atom is 0.243 e. The standard InChI is InChI=1S/C43H48N6O5/c1-28(21-45-33-9-4-29-22-48(23-30(29)18-33)38-14-15-39(51)47-40(38)52)24-53-36-10-5-31(6-11-36)42(2,3)32-7-12-37(13-8-32)54-25-34-16-17-44-41(46-34)49-26-43(27-49)19-35(50)20-43/h4-13,16-18,28,38,45H,14-15,19-27H2,1-3H3,(H,47,51,52). The topological polar surface area (TPSA) is 126 Å². The van der Waals surface area contributed by atoms with Gasteiger partial charge in [0.1, 0.15) is 23.9 Å². The molecule has 2 atom stereocenters. The molecule has 0 radical (unpaired) electrons. The Morgan fingerprint density at radius 2 is 1.59 bits per heavy atom. The molecule has 4 heterocycles. The zero-order chi connectivity index (χ0) is 37.5. The summed E-state index contributed by atoms with van der Waals surface area (Å²) < 4.78 is 12.3. The van der Waals surface area contributed by atoms with Crippen LogP contribution in [0.15, 0.2) is 79.0 Å². The second-order valence-electron chi connectivity index (χ2n) is 16.2. The molecule has 3 aromatic carbocycles. The van der Waals surface area contributed by atoms with Gasteiger partial charge in [-0.25, -0.2) is 9.97 Å². The van der Waals surface area contributed by atoms with E-state index in [1.54, 1.807) is 6.20 Å². The van der Waals surface area contributed by atoms with E-state index >= 15 is 0 Å². The van der Waals surface area contributed by atoms with Crippen molar-refractivity contribution < 1.29 is 23.9 Å². The number of ether oxygens (including phenoxy) is 2. The van der Waals surface area contributed by atoms with Gasteiger partial charge < -0.3 is 19.7 Å². The molecule has 11 heteroatoms. The molecule has 11 nitrogen and oxygen atoms in total. The van der Waals surface area contributed by atoms with Gasteiger partial charge in [-0.15, -0.1) is 0 Å². The fourth-order valence-corrected chi connectivity index (χ4v) is 8.16. The van der Waals surface area contributed by atoms with Crippen LogP contribution in [0.2, 0.25) is 0 Å². The largest absolute Gasteiger partial charge is 0.493 e. The number of amides is 2. The first kappa shape index (κ1) is 35.7. The highest BCUT2D eigenvalue weighted by molar-refractivity contribution is 6.00. The van der Waals surface area contributed by atoms with E-state index in [1.165, 1.54) is 22.3 Å². The van der Waals surface area contributed by atoms with Crippen molar-refractivity contribution in [2.45, 2.75) is 77.6 Å². The van der Waals surface area contributed by atoms with Crippen molar-refractivity contribution in [3.8, 4) is 11.5 Å². The maximum absolute atomic E-state index is 12.4. The molecule has 3 fully saturated rings. The molecule has 2 saturated heterocycles. The molecule has 2 unspecified atom stereocenters. The molecule has 2 amide bonds. The Balaban J connectivity index is 0.781. The zero-order valence-electron chi connectivity index (χ0n) is 31.3. The molecule has 3 aliphatic heterocycles. The highest BCUT2D eigenvalue weighted by Crippen LogP contribution is 2.46. The summed E-state index contributed by atoms with van der Waals surface area (Å²) >= 11 is 0. The van der Waals surface area contributed by atoms with E-state index in [2.05, 4.69) is 88.7 Å². The summed E-state index contributed by atoms with van der Waals surface area (Å²) in [6.07, 6.45) is 4.12. The number of aromatic nitrogens is 2. The van der Waals surface area contributed by atoms with Gasteiger partial charge in [0.25, 0.3) is 0 Å².